The second-order valence-corrected chi connectivity index (χ2v) is 25.4. The average molecular weight is 1420 g/mol. The van der Waals surface area contributed by atoms with Crippen LogP contribution in [0.3, 0.4) is 0 Å². The normalized spacial score (nSPS) is 12.4. The maximum atomic E-state index is 10.2. The molecule has 12 nitrogen and oxygen atoms in total. The fraction of sp³-hybridized carbons (Fsp3) is 0.889. The Kier molecular flexibility index (Phi) is 93.2. The van der Waals surface area contributed by atoms with Gasteiger partial charge in [0.05, 0.1) is 107 Å². The molecule has 6 atom stereocenters. The van der Waals surface area contributed by atoms with Crippen LogP contribution in [0.15, 0.2) is 0 Å². The zero-order valence-corrected chi connectivity index (χ0v) is 61.7. The summed E-state index contributed by atoms with van der Waals surface area (Å²) in [7, 11) is 0. The van der Waals surface area contributed by atoms with Crippen LogP contribution in [0.4, 0.5) is 0 Å². The molecule has 0 amide bonds. The largest absolute Gasteiger partial charge is 0.717 e. The number of rotatable bonds is 36. The van der Waals surface area contributed by atoms with Gasteiger partial charge in [0, 0.05) is 47.4 Å². The molecule has 6 unspecified atom stereocenters. The Bertz CT molecular complexity index is 1380. The Morgan fingerprint density at radius 2 is 0.380 bits per heavy atom. The van der Waals surface area contributed by atoms with Crippen molar-refractivity contribution in [3.63, 3.8) is 0 Å². The van der Waals surface area contributed by atoms with Gasteiger partial charge in [-0.2, -0.15) is 0 Å². The molecule has 0 radical (unpaired) electrons. The van der Waals surface area contributed by atoms with Gasteiger partial charge in [-0.15, -0.1) is 0 Å². The van der Waals surface area contributed by atoms with Gasteiger partial charge in [0.25, 0.3) is 0 Å². The van der Waals surface area contributed by atoms with E-state index in [1.807, 2.05) is 0 Å². The second kappa shape index (κ2) is 77.9. The van der Waals surface area contributed by atoms with Gasteiger partial charge >= 0.3 is 0 Å². The summed E-state index contributed by atoms with van der Waals surface area (Å²) < 4.78 is 92.6. The molecule has 0 aliphatic rings. The quantitative estimate of drug-likeness (QED) is 0.0331. The van der Waals surface area contributed by atoms with E-state index in [1.54, 1.807) is 0 Å². The van der Waals surface area contributed by atoms with Crippen LogP contribution < -0.4 is 0 Å². The molecule has 0 saturated heterocycles. The number of hydrogen-bond acceptors (Lipinski definition) is 18. The molecule has 0 N–H and O–H groups in total. The summed E-state index contributed by atoms with van der Waals surface area (Å²) >= 11 is 29.5. The fourth-order valence-electron chi connectivity index (χ4n) is 6.65. The predicted molar refractivity (Wildman–Crippen MR) is 359 cm³/mol. The Morgan fingerprint density at radius 3 is 0.456 bits per heavy atom. The van der Waals surface area contributed by atoms with Gasteiger partial charge in [0.2, 0.25) is 0 Å². The summed E-state index contributed by atoms with van der Waals surface area (Å²) in [5.41, 5.74) is 0. The third-order valence-corrected chi connectivity index (χ3v) is 15.7. The minimum atomic E-state index is 0. The van der Waals surface area contributed by atoms with Crippen LogP contribution in [-0.4, -0.2) is 91.2 Å². The molecule has 0 aliphatic carbocycles. The average Bonchev–Trinajstić information content (AvgIpc) is 3.47. The van der Waals surface area contributed by atoms with Crippen molar-refractivity contribution in [2.45, 2.75) is 237 Å². The molecule has 0 spiro atoms. The molecular formula is C54H102MoO12S12-6. The maximum Gasteiger partial charge on any atom is 0.0891 e. The Balaban J connectivity index is -0.000000157. The van der Waals surface area contributed by atoms with E-state index in [-0.39, 0.29) is 115 Å². The molecule has 0 fully saturated rings. The van der Waals surface area contributed by atoms with Gasteiger partial charge in [0.1, 0.15) is 0 Å². The van der Waals surface area contributed by atoms with Crippen molar-refractivity contribution < 1.29 is 74.7 Å². The van der Waals surface area contributed by atoms with Gasteiger partial charge in [0.15, 0.2) is 0 Å². The van der Waals surface area contributed by atoms with E-state index < -0.39 is 0 Å². The SMILES string of the molecule is CCCCC(CC)COC([S-])=S=O.CCCCC(CC)COC([S-])=S=O.CCCCC(CC)COC([S-])=S=O.CCCCC(CC)COC([S-])=S=O.CCCCC(CC)COC([S-])=S=O.CCCCC(CC)COC([S-])=S=O.[Mo]. The van der Waals surface area contributed by atoms with Gasteiger partial charge in [-0.05, 0) is 74.0 Å². The van der Waals surface area contributed by atoms with Crippen molar-refractivity contribution in [2.75, 3.05) is 39.6 Å². The molecule has 0 saturated carbocycles. The Labute approximate surface area is 551 Å². The van der Waals surface area contributed by atoms with Crippen LogP contribution in [0.1, 0.15) is 237 Å². The minimum absolute atomic E-state index is 0. The number of ether oxygens (including phenoxy) is 6. The van der Waals surface area contributed by atoms with Gasteiger partial charge in [-0.1, -0.05) is 199 Å². The van der Waals surface area contributed by atoms with Crippen molar-refractivity contribution in [1.29, 1.82) is 0 Å². The molecule has 0 bridgehead atoms. The van der Waals surface area contributed by atoms with E-state index >= 15 is 0 Å². The first-order valence-electron chi connectivity index (χ1n) is 28.2. The zero-order valence-electron chi connectivity index (χ0n) is 49.9. The van der Waals surface area contributed by atoms with E-state index in [0.29, 0.717) is 75.1 Å². The van der Waals surface area contributed by atoms with Gasteiger partial charge in [-0.25, -0.2) is 25.3 Å². The molecule has 0 aliphatic heterocycles. The summed E-state index contributed by atoms with van der Waals surface area (Å²) in [6.07, 6.45) is 28.1. The molecule has 474 valence electrons. The molecule has 79 heavy (non-hydrogen) atoms. The Hall–Kier alpha value is 1.89. The zero-order chi connectivity index (χ0) is 60.6. The number of hydrogen-bond donors (Lipinski definition) is 0. The van der Waals surface area contributed by atoms with E-state index in [1.165, 1.54) is 116 Å². The third-order valence-electron chi connectivity index (χ3n) is 12.3. The summed E-state index contributed by atoms with van der Waals surface area (Å²) in [6.45, 7) is 29.5. The predicted octanol–water partition coefficient (Wildman–Crippen LogP) is 12.4. The van der Waals surface area contributed by atoms with E-state index in [2.05, 4.69) is 159 Å². The van der Waals surface area contributed by atoms with Crippen molar-refractivity contribution in [3.8, 4) is 0 Å². The molecule has 0 aromatic rings. The monoisotopic (exact) mass is 1420 g/mol. The van der Waals surface area contributed by atoms with Crippen molar-refractivity contribution in [3.05, 3.63) is 0 Å². The van der Waals surface area contributed by atoms with Crippen molar-refractivity contribution >= 4 is 170 Å². The molecule has 0 rings (SSSR count). The van der Waals surface area contributed by atoms with E-state index in [9.17, 15) is 25.3 Å². The van der Waals surface area contributed by atoms with Crippen LogP contribution in [0.25, 0.3) is 0 Å². The Morgan fingerprint density at radius 1 is 0.266 bits per heavy atom. The standard InChI is InChI=1S/6C9H18O2S2.Mo/c6*1-3-5-6-8(4-2)7-11-9(12)13-10;/h6*8,12H,3-7H2,1-2H3;/p-6. The smallest absolute Gasteiger partial charge is 0.0891 e. The molecular weight excluding hydrogens is 1320 g/mol. The summed E-state index contributed by atoms with van der Waals surface area (Å²) in [5.74, 6) is 3.28. The van der Waals surface area contributed by atoms with E-state index in [4.69, 9.17) is 28.4 Å². The summed E-state index contributed by atoms with van der Waals surface area (Å²) in [6, 6.07) is 0. The first kappa shape index (κ1) is 94.6. The molecule has 0 aromatic carbocycles. The summed E-state index contributed by atoms with van der Waals surface area (Å²) in [4.78, 5) is 0. The van der Waals surface area contributed by atoms with Crippen molar-refractivity contribution in [1.82, 2.24) is 0 Å². The molecule has 0 aromatic heterocycles. The molecule has 25 heteroatoms. The third kappa shape index (κ3) is 75.9. The van der Waals surface area contributed by atoms with Crippen LogP contribution in [-0.2, 0) is 193 Å². The van der Waals surface area contributed by atoms with Crippen LogP contribution >= 0.6 is 0 Å². The van der Waals surface area contributed by atoms with Crippen molar-refractivity contribution in [2.24, 2.45) is 35.5 Å². The maximum absolute atomic E-state index is 10.2. The van der Waals surface area contributed by atoms with Crippen LogP contribution in [0.5, 0.6) is 0 Å². The number of unbranched alkanes of at least 4 members (excludes halogenated alkanes) is 6. The first-order chi connectivity index (χ1) is 37.4. The van der Waals surface area contributed by atoms with Gasteiger partial charge < -0.3 is 104 Å². The van der Waals surface area contributed by atoms with Gasteiger partial charge in [-0.3, -0.25) is 0 Å². The minimum Gasteiger partial charge on any atom is -0.717 e. The van der Waals surface area contributed by atoms with Crippen LogP contribution in [0.2, 0.25) is 0 Å². The second-order valence-electron chi connectivity index (χ2n) is 18.4. The fourth-order valence-corrected chi connectivity index (χ4v) is 7.75. The first-order valence-corrected chi connectivity index (χ1v) is 35.1. The van der Waals surface area contributed by atoms with E-state index in [0.717, 1.165) is 38.5 Å². The van der Waals surface area contributed by atoms with Crippen LogP contribution in [0, 0.1) is 35.5 Å². The summed E-state index contributed by atoms with van der Waals surface area (Å²) in [5, 5.41) is 0. The molecule has 0 heterocycles. The topological polar surface area (TPSA) is 158 Å².